The number of rotatable bonds is 4. The Hall–Kier alpha value is -2.15. The molecule has 7 heteroatoms. The van der Waals surface area contributed by atoms with Crippen LogP contribution < -0.4 is 0 Å². The Bertz CT molecular complexity index is 751. The first kappa shape index (κ1) is 17.3. The molecule has 7 nitrogen and oxygen atoms in total. The van der Waals surface area contributed by atoms with Gasteiger partial charge in [0.25, 0.3) is 0 Å². The molecule has 2 bridgehead atoms. The summed E-state index contributed by atoms with van der Waals surface area (Å²) in [6.07, 6.45) is 5.15. The van der Waals surface area contributed by atoms with Crippen molar-refractivity contribution in [1.29, 1.82) is 0 Å². The number of fused-ring (bicyclic) bond motifs is 1. The number of hydrogen-bond donors (Lipinski definition) is 0. The van der Waals surface area contributed by atoms with Crippen molar-refractivity contribution in [3.63, 3.8) is 0 Å². The second kappa shape index (κ2) is 5.67. The van der Waals surface area contributed by atoms with Gasteiger partial charge in [-0.2, -0.15) is 0 Å². The SMILES string of the molecule is CN(Cc1ccno1)C(=O)[C@H]1[C@@H]2C=C[C@@]3(CN(CC(C)(C)C)C(=O)[C@@H]13)O2. The quantitative estimate of drug-likeness (QED) is 0.761. The Morgan fingerprint density at radius 3 is 2.88 bits per heavy atom. The summed E-state index contributed by atoms with van der Waals surface area (Å²) in [4.78, 5) is 29.7. The maximum atomic E-state index is 13.1. The maximum Gasteiger partial charge on any atom is 0.230 e. The van der Waals surface area contributed by atoms with E-state index in [2.05, 4.69) is 25.9 Å². The van der Waals surface area contributed by atoms with E-state index in [9.17, 15) is 9.59 Å². The summed E-state index contributed by atoms with van der Waals surface area (Å²) in [7, 11) is 1.72. The van der Waals surface area contributed by atoms with Gasteiger partial charge in [-0.05, 0) is 5.41 Å². The van der Waals surface area contributed by atoms with E-state index in [0.29, 0.717) is 25.4 Å². The van der Waals surface area contributed by atoms with Crippen molar-refractivity contribution in [2.24, 2.45) is 17.3 Å². The lowest BCUT2D eigenvalue weighted by molar-refractivity contribution is -0.143. The van der Waals surface area contributed by atoms with Crippen molar-refractivity contribution >= 4 is 11.8 Å². The van der Waals surface area contributed by atoms with E-state index in [1.165, 1.54) is 0 Å². The van der Waals surface area contributed by atoms with Crippen molar-refractivity contribution in [2.45, 2.75) is 39.0 Å². The summed E-state index contributed by atoms with van der Waals surface area (Å²) in [6.45, 7) is 7.82. The van der Waals surface area contributed by atoms with Crippen LogP contribution in [0.3, 0.4) is 0 Å². The van der Waals surface area contributed by atoms with E-state index in [-0.39, 0.29) is 23.3 Å². The number of ether oxygens (including phenoxy) is 1. The third-order valence-electron chi connectivity index (χ3n) is 5.39. The molecule has 0 N–H and O–H groups in total. The normalized spacial score (nSPS) is 32.4. The van der Waals surface area contributed by atoms with Crippen molar-refractivity contribution in [3.8, 4) is 0 Å². The molecule has 0 saturated carbocycles. The monoisotopic (exact) mass is 359 g/mol. The molecule has 2 saturated heterocycles. The van der Waals surface area contributed by atoms with Crippen molar-refractivity contribution in [2.75, 3.05) is 20.1 Å². The van der Waals surface area contributed by atoms with Gasteiger partial charge in [-0.3, -0.25) is 9.59 Å². The predicted molar refractivity (Wildman–Crippen MR) is 92.7 cm³/mol. The molecule has 1 spiro atoms. The van der Waals surface area contributed by atoms with Crippen LogP contribution in [0.1, 0.15) is 26.5 Å². The molecule has 0 aromatic carbocycles. The molecule has 0 unspecified atom stereocenters. The van der Waals surface area contributed by atoms with Crippen LogP contribution >= 0.6 is 0 Å². The number of carbonyl (C=O) groups excluding carboxylic acids is 2. The third-order valence-corrected chi connectivity index (χ3v) is 5.39. The van der Waals surface area contributed by atoms with Gasteiger partial charge in [-0.1, -0.05) is 38.1 Å². The minimum Gasteiger partial charge on any atom is -0.360 e. The van der Waals surface area contributed by atoms with Crippen molar-refractivity contribution in [3.05, 3.63) is 30.2 Å². The van der Waals surface area contributed by atoms with Gasteiger partial charge < -0.3 is 19.1 Å². The zero-order chi connectivity index (χ0) is 18.7. The maximum absolute atomic E-state index is 13.1. The van der Waals surface area contributed by atoms with Gasteiger partial charge in [-0.15, -0.1) is 0 Å². The smallest absolute Gasteiger partial charge is 0.230 e. The summed E-state index contributed by atoms with van der Waals surface area (Å²) in [6, 6.07) is 1.73. The molecule has 26 heavy (non-hydrogen) atoms. The van der Waals surface area contributed by atoms with Gasteiger partial charge in [0, 0.05) is 19.7 Å². The molecule has 2 fully saturated rings. The molecular weight excluding hydrogens is 334 g/mol. The minimum atomic E-state index is -0.652. The molecule has 3 aliphatic heterocycles. The van der Waals surface area contributed by atoms with Gasteiger partial charge in [0.1, 0.15) is 5.60 Å². The first-order chi connectivity index (χ1) is 12.2. The first-order valence-electron chi connectivity index (χ1n) is 9.01. The zero-order valence-electron chi connectivity index (χ0n) is 15.6. The number of carbonyl (C=O) groups is 2. The lowest BCUT2D eigenvalue weighted by Crippen LogP contribution is -2.44. The van der Waals surface area contributed by atoms with E-state index in [1.807, 2.05) is 17.1 Å². The fourth-order valence-electron chi connectivity index (χ4n) is 4.46. The summed E-state index contributed by atoms with van der Waals surface area (Å²) < 4.78 is 11.3. The number of hydrogen-bond acceptors (Lipinski definition) is 5. The molecule has 4 rings (SSSR count). The van der Waals surface area contributed by atoms with Gasteiger partial charge >= 0.3 is 0 Å². The molecule has 2 amide bonds. The molecule has 4 atom stereocenters. The van der Waals surface area contributed by atoms with Gasteiger partial charge in [0.05, 0.1) is 37.2 Å². The van der Waals surface area contributed by atoms with E-state index < -0.39 is 17.4 Å². The highest BCUT2D eigenvalue weighted by Gasteiger charge is 2.67. The van der Waals surface area contributed by atoms with Crippen molar-refractivity contribution in [1.82, 2.24) is 15.0 Å². The molecule has 3 aliphatic rings. The second-order valence-electron chi connectivity index (χ2n) is 8.83. The highest BCUT2D eigenvalue weighted by Crippen LogP contribution is 2.52. The Morgan fingerprint density at radius 2 is 2.23 bits per heavy atom. The highest BCUT2D eigenvalue weighted by atomic mass is 16.5. The summed E-state index contributed by atoms with van der Waals surface area (Å²) in [5, 5.41) is 3.67. The van der Waals surface area contributed by atoms with Crippen LogP contribution in [0.5, 0.6) is 0 Å². The number of amides is 2. The Balaban J connectivity index is 1.56. The van der Waals surface area contributed by atoms with E-state index >= 15 is 0 Å². The standard InChI is InChI=1S/C19H25N3O4/c1-18(2,3)10-22-11-19-7-5-13(25-19)14(15(19)17(22)24)16(23)21(4)9-12-6-8-20-26-12/h5-8,13-15H,9-11H2,1-4H3/t13-,14-,15+,19-/m0/s1. The molecule has 0 radical (unpaired) electrons. The average molecular weight is 359 g/mol. The van der Waals surface area contributed by atoms with Crippen LogP contribution in [-0.2, 0) is 20.9 Å². The summed E-state index contributed by atoms with van der Waals surface area (Å²) in [5.41, 5.74) is -0.657. The fraction of sp³-hybridized carbons (Fsp3) is 0.632. The van der Waals surface area contributed by atoms with Crippen LogP contribution in [-0.4, -0.2) is 58.6 Å². The van der Waals surface area contributed by atoms with Crippen LogP contribution in [0, 0.1) is 17.3 Å². The summed E-state index contributed by atoms with van der Waals surface area (Å²) in [5.74, 6) is -0.371. The van der Waals surface area contributed by atoms with Gasteiger partial charge in [0.2, 0.25) is 11.8 Å². The van der Waals surface area contributed by atoms with Crippen LogP contribution in [0.15, 0.2) is 28.9 Å². The van der Waals surface area contributed by atoms with E-state index in [4.69, 9.17) is 9.26 Å². The number of aromatic nitrogens is 1. The Kier molecular flexibility index (Phi) is 3.77. The van der Waals surface area contributed by atoms with E-state index in [1.54, 1.807) is 24.2 Å². The van der Waals surface area contributed by atoms with Gasteiger partial charge in [0.15, 0.2) is 5.76 Å². The lowest BCUT2D eigenvalue weighted by Gasteiger charge is -2.29. The van der Waals surface area contributed by atoms with Crippen molar-refractivity contribution < 1.29 is 18.8 Å². The van der Waals surface area contributed by atoms with Gasteiger partial charge in [-0.25, -0.2) is 0 Å². The molecular formula is C19H25N3O4. The predicted octanol–water partition coefficient (Wildman–Crippen LogP) is 1.46. The highest BCUT2D eigenvalue weighted by molar-refractivity contribution is 5.93. The lowest BCUT2D eigenvalue weighted by atomic mass is 9.76. The van der Waals surface area contributed by atoms with Crippen LogP contribution in [0.2, 0.25) is 0 Å². The Morgan fingerprint density at radius 1 is 1.46 bits per heavy atom. The molecule has 0 aliphatic carbocycles. The van der Waals surface area contributed by atoms with E-state index in [0.717, 1.165) is 0 Å². The largest absolute Gasteiger partial charge is 0.360 e. The molecule has 1 aromatic rings. The number of likely N-dealkylation sites (tertiary alicyclic amines) is 1. The average Bonchev–Trinajstić information content (AvgIpc) is 3.29. The molecule has 140 valence electrons. The fourth-order valence-corrected chi connectivity index (χ4v) is 4.46. The minimum absolute atomic E-state index is 0.00472. The molecule has 1 aromatic heterocycles. The molecule has 4 heterocycles. The zero-order valence-corrected chi connectivity index (χ0v) is 15.6. The third kappa shape index (κ3) is 2.65. The second-order valence-corrected chi connectivity index (χ2v) is 8.83. The first-order valence-corrected chi connectivity index (χ1v) is 9.01. The number of nitrogens with zero attached hydrogens (tertiary/aromatic N) is 3. The summed E-state index contributed by atoms with van der Waals surface area (Å²) >= 11 is 0. The topological polar surface area (TPSA) is 75.9 Å². The van der Waals surface area contributed by atoms with Crippen LogP contribution in [0.25, 0.3) is 0 Å². The van der Waals surface area contributed by atoms with Crippen LogP contribution in [0.4, 0.5) is 0 Å². The Labute approximate surface area is 152 Å².